The summed E-state index contributed by atoms with van der Waals surface area (Å²) in [4.78, 5) is 26.7. The molecule has 4 aromatic carbocycles. The number of hydrogen-bond donors (Lipinski definition) is 1. The van der Waals surface area contributed by atoms with Crippen LogP contribution in [0.25, 0.3) is 78.9 Å². The third-order valence-electron chi connectivity index (χ3n) is 9.23. The maximum atomic E-state index is 12.9. The molecule has 0 saturated heterocycles. The maximum Gasteiger partial charge on any atom is 0.187 e. The minimum Gasteiger partial charge on any atom is -0.355 e. The number of nitrogens with one attached hydrogen (secondary N) is 1. The summed E-state index contributed by atoms with van der Waals surface area (Å²) in [5, 5.41) is 0. The molecule has 0 aliphatic carbocycles. The summed E-state index contributed by atoms with van der Waals surface area (Å²) >= 11 is 0. The summed E-state index contributed by atoms with van der Waals surface area (Å²) in [5.74, 6) is 2.30. The minimum atomic E-state index is 0. The second kappa shape index (κ2) is 14.8. The van der Waals surface area contributed by atoms with Gasteiger partial charge in [0, 0.05) is 62.3 Å². The molecule has 0 spiro atoms. The number of fused-ring (bicyclic) bond motifs is 8. The molecule has 52 heavy (non-hydrogen) atoms. The van der Waals surface area contributed by atoms with Gasteiger partial charge in [0.25, 0.3) is 0 Å². The van der Waals surface area contributed by atoms with Crippen LogP contribution < -0.4 is 0 Å². The smallest absolute Gasteiger partial charge is 0.187 e. The van der Waals surface area contributed by atoms with Gasteiger partial charge >= 0.3 is 0 Å². The topological polar surface area (TPSA) is 63.6 Å². The van der Waals surface area contributed by atoms with E-state index in [1.807, 2.05) is 60.7 Å². The Morgan fingerprint density at radius 3 is 1.69 bits per heavy atom. The van der Waals surface area contributed by atoms with E-state index < -0.39 is 0 Å². The molecular formula is C45H33AlCoN4O. The summed E-state index contributed by atoms with van der Waals surface area (Å²) in [7, 11) is 0. The van der Waals surface area contributed by atoms with Gasteiger partial charge in [0.15, 0.2) is 17.4 Å². The third kappa shape index (κ3) is 6.33. The van der Waals surface area contributed by atoms with Gasteiger partial charge in [-0.3, -0.25) is 4.98 Å². The van der Waals surface area contributed by atoms with Crippen molar-refractivity contribution in [3.63, 3.8) is 0 Å². The van der Waals surface area contributed by atoms with Gasteiger partial charge in [-0.05, 0) is 71.3 Å². The molecule has 5 heterocycles. The van der Waals surface area contributed by atoms with Gasteiger partial charge in [-0.15, -0.1) is 0 Å². The van der Waals surface area contributed by atoms with Crippen molar-refractivity contribution >= 4 is 63.1 Å². The van der Waals surface area contributed by atoms with E-state index >= 15 is 0 Å². The number of hydrogen-bond acceptors (Lipinski definition) is 3. The molecular weight excluding hydrogens is 698 g/mol. The summed E-state index contributed by atoms with van der Waals surface area (Å²) in [5.41, 5.74) is 14.3. The van der Waals surface area contributed by atoms with Gasteiger partial charge in [0.05, 0.1) is 33.7 Å². The van der Waals surface area contributed by atoms with Gasteiger partial charge in [-0.25, -0.2) is 9.78 Å². The Balaban J connectivity index is 0.00000210. The molecule has 251 valence electrons. The molecule has 0 unspecified atom stereocenters. The van der Waals surface area contributed by atoms with E-state index in [-0.39, 0.29) is 34.1 Å². The van der Waals surface area contributed by atoms with Crippen molar-refractivity contribution in [3.8, 4) is 39.1 Å². The first kappa shape index (κ1) is 34.7. The number of rotatable bonds is 4. The van der Waals surface area contributed by atoms with E-state index in [4.69, 9.17) is 9.97 Å². The predicted octanol–water partition coefficient (Wildman–Crippen LogP) is 9.22. The Labute approximate surface area is 322 Å². The van der Waals surface area contributed by atoms with Crippen LogP contribution in [0.4, 0.5) is 0 Å². The van der Waals surface area contributed by atoms with Crippen molar-refractivity contribution in [3.05, 3.63) is 174 Å². The van der Waals surface area contributed by atoms with Gasteiger partial charge in [-0.1, -0.05) is 109 Å². The van der Waals surface area contributed by atoms with Crippen molar-refractivity contribution in [1.82, 2.24) is 19.5 Å². The van der Waals surface area contributed by atoms with E-state index in [0.717, 1.165) is 78.2 Å². The van der Waals surface area contributed by atoms with Crippen LogP contribution in [-0.4, -0.2) is 42.8 Å². The van der Waals surface area contributed by atoms with E-state index in [1.165, 1.54) is 0 Å². The number of carbonyl (C=O) groups excluding carboxylic acids is 1. The number of allylic oxidation sites excluding steroid dienone is 1. The molecule has 1 radical (unpaired) electrons. The standard InChI is InChI=1S/C45H30N4O.Al.Co.3H/c50-29-33-25-38-27-36-22-21-34(46-36)26-35-23-24-37(47-35)28-40-41(30-13-5-1-6-14-30)42(31-15-7-2-8-16-31)45(49(40)39-19-11-4-12-20-39)43(44(33)48-38)32-17-9-3-10-18-32;;;;;/h1-24,26-28,46H,25H2;;;;;. The summed E-state index contributed by atoms with van der Waals surface area (Å²) in [6, 6.07) is 52.0. The second-order valence-corrected chi connectivity index (χ2v) is 12.4. The first-order chi connectivity index (χ1) is 24.7. The number of H-pyrrole nitrogens is 1. The largest absolute Gasteiger partial charge is 0.355 e. The fourth-order valence-corrected chi connectivity index (χ4v) is 7.10. The van der Waals surface area contributed by atoms with Crippen LogP contribution in [0.15, 0.2) is 152 Å². The average molecular weight is 732 g/mol. The zero-order valence-corrected chi connectivity index (χ0v) is 28.4. The van der Waals surface area contributed by atoms with Crippen LogP contribution >= 0.6 is 0 Å². The van der Waals surface area contributed by atoms with Crippen LogP contribution in [0, 0.1) is 0 Å². The Bertz CT molecular complexity index is 2660. The molecule has 2 aliphatic rings. The van der Waals surface area contributed by atoms with E-state index in [0.29, 0.717) is 17.7 Å². The third-order valence-corrected chi connectivity index (χ3v) is 9.23. The zero-order valence-electron chi connectivity index (χ0n) is 27.4. The normalized spacial score (nSPS) is 11.7. The summed E-state index contributed by atoms with van der Waals surface area (Å²) in [6.45, 7) is 0. The number of benzene rings is 4. The average Bonchev–Trinajstić information content (AvgIpc) is 3.97. The zero-order chi connectivity index (χ0) is 33.4. The molecule has 8 bridgehead atoms. The van der Waals surface area contributed by atoms with E-state index in [9.17, 15) is 4.79 Å². The van der Waals surface area contributed by atoms with E-state index in [2.05, 4.69) is 119 Å². The van der Waals surface area contributed by atoms with Crippen LogP contribution in [0.5, 0.6) is 0 Å². The molecule has 3 aromatic heterocycles. The Morgan fingerprint density at radius 2 is 1.10 bits per heavy atom. The number of aromatic nitrogens is 4. The van der Waals surface area contributed by atoms with Crippen LogP contribution in [0.1, 0.15) is 22.8 Å². The van der Waals surface area contributed by atoms with Gasteiger partial charge in [0.2, 0.25) is 0 Å². The molecule has 0 atom stereocenters. The summed E-state index contributed by atoms with van der Waals surface area (Å²) in [6.07, 6.45) is 4.49. The van der Waals surface area contributed by atoms with Crippen molar-refractivity contribution in [1.29, 1.82) is 0 Å². The second-order valence-electron chi connectivity index (χ2n) is 12.4. The maximum absolute atomic E-state index is 12.9. The van der Waals surface area contributed by atoms with Crippen molar-refractivity contribution in [2.45, 2.75) is 6.42 Å². The Morgan fingerprint density at radius 1 is 0.577 bits per heavy atom. The van der Waals surface area contributed by atoms with Gasteiger partial charge < -0.3 is 9.55 Å². The quantitative estimate of drug-likeness (QED) is 0.145. The van der Waals surface area contributed by atoms with Crippen molar-refractivity contribution in [2.75, 3.05) is 0 Å². The minimum absolute atomic E-state index is 0. The molecule has 9 rings (SSSR count). The Hall–Kier alpha value is -5.77. The molecule has 5 nitrogen and oxygen atoms in total. The molecule has 0 saturated carbocycles. The molecule has 0 fully saturated rings. The number of nitrogens with zero attached hydrogens (tertiary/aromatic N) is 3. The van der Waals surface area contributed by atoms with Crippen molar-refractivity contribution < 1.29 is 21.6 Å². The fourth-order valence-electron chi connectivity index (χ4n) is 7.10. The van der Waals surface area contributed by atoms with Crippen LogP contribution in [0.2, 0.25) is 0 Å². The first-order valence-electron chi connectivity index (χ1n) is 16.7. The Kier molecular flexibility index (Phi) is 9.89. The monoisotopic (exact) mass is 731 g/mol. The molecule has 2 aliphatic heterocycles. The van der Waals surface area contributed by atoms with Gasteiger partial charge in [0.1, 0.15) is 5.94 Å². The predicted molar refractivity (Wildman–Crippen MR) is 214 cm³/mol. The molecule has 7 heteroatoms. The molecule has 0 amide bonds. The van der Waals surface area contributed by atoms with Crippen LogP contribution in [0.3, 0.4) is 0 Å². The number of para-hydroxylation sites is 1. The van der Waals surface area contributed by atoms with Gasteiger partial charge in [-0.2, -0.15) is 0 Å². The fraction of sp³-hybridized carbons (Fsp3) is 0.0222. The molecule has 7 aromatic rings. The van der Waals surface area contributed by atoms with E-state index in [1.54, 1.807) is 0 Å². The number of aromatic amines is 1. The molecule has 1 N–H and O–H groups in total. The van der Waals surface area contributed by atoms with Crippen LogP contribution in [-0.2, 0) is 28.0 Å². The SMILES string of the molecule is O=C=C1Cc2cc3ccc(cc4nc(cc5c(-c6ccccc6)c(-c6ccccc6)c(c(-c6ccccc6)c1n2)n5-c1ccccc1)C=C4)[nH]3.[AlH3].[Co]. The van der Waals surface area contributed by atoms with Crippen molar-refractivity contribution in [2.24, 2.45) is 0 Å². The first-order valence-corrected chi connectivity index (χ1v) is 16.7. The summed E-state index contributed by atoms with van der Waals surface area (Å²) < 4.78 is 2.32.